The minimum absolute atomic E-state index is 0.213. The Hall–Kier alpha value is -3.05. The van der Waals surface area contributed by atoms with Crippen LogP contribution in [0.3, 0.4) is 0 Å². The van der Waals surface area contributed by atoms with Crippen molar-refractivity contribution in [3.05, 3.63) is 77.6 Å². The Morgan fingerprint density at radius 3 is 2.11 bits per heavy atom. The number of carbonyl (C=O) groups is 1. The van der Waals surface area contributed by atoms with Gasteiger partial charge in [-0.2, -0.15) is 11.8 Å². The van der Waals surface area contributed by atoms with Crippen LogP contribution in [0.25, 0.3) is 33.3 Å². The van der Waals surface area contributed by atoms with Crippen LogP contribution >= 0.6 is 11.8 Å². The highest BCUT2D eigenvalue weighted by Gasteiger charge is 2.14. The second-order valence-electron chi connectivity index (χ2n) is 6.75. The van der Waals surface area contributed by atoms with Crippen LogP contribution in [0.5, 0.6) is 0 Å². The third-order valence-electron chi connectivity index (χ3n) is 4.75. The van der Waals surface area contributed by atoms with E-state index in [-0.39, 0.29) is 5.56 Å². The zero-order valence-corrected chi connectivity index (χ0v) is 16.5. The summed E-state index contributed by atoms with van der Waals surface area (Å²) in [5, 5.41) is 9.56. The molecule has 0 fully saturated rings. The van der Waals surface area contributed by atoms with Crippen LogP contribution in [-0.4, -0.2) is 27.3 Å². The van der Waals surface area contributed by atoms with E-state index in [9.17, 15) is 9.90 Å². The molecule has 4 aromatic rings. The summed E-state index contributed by atoms with van der Waals surface area (Å²) >= 11 is 1.81. The lowest BCUT2D eigenvalue weighted by molar-refractivity contribution is 0.0699. The molecular weight excluding hydrogens is 368 g/mol. The van der Waals surface area contributed by atoms with Gasteiger partial charge in [-0.15, -0.1) is 0 Å². The van der Waals surface area contributed by atoms with E-state index < -0.39 is 5.97 Å². The van der Waals surface area contributed by atoms with Crippen LogP contribution in [0, 0.1) is 6.92 Å². The van der Waals surface area contributed by atoms with Crippen molar-refractivity contribution in [2.75, 3.05) is 6.26 Å². The highest BCUT2D eigenvalue weighted by atomic mass is 32.2. The number of benzene rings is 3. The van der Waals surface area contributed by atoms with E-state index in [1.807, 2.05) is 36.9 Å². The Bertz CT molecular complexity index is 1150. The maximum Gasteiger partial charge on any atom is 0.337 e. The number of aromatic carboxylic acids is 1. The van der Waals surface area contributed by atoms with Gasteiger partial charge in [0.15, 0.2) is 0 Å². The Morgan fingerprint density at radius 2 is 1.54 bits per heavy atom. The van der Waals surface area contributed by atoms with Crippen molar-refractivity contribution < 1.29 is 9.90 Å². The fourth-order valence-corrected chi connectivity index (χ4v) is 3.91. The smallest absolute Gasteiger partial charge is 0.337 e. The molecule has 0 aliphatic carbocycles. The zero-order valence-electron chi connectivity index (χ0n) is 15.7. The number of fused-ring (bicyclic) bond motifs is 1. The summed E-state index contributed by atoms with van der Waals surface area (Å²) in [6.07, 6.45) is 2.10. The average molecular weight is 388 g/mol. The largest absolute Gasteiger partial charge is 0.478 e. The van der Waals surface area contributed by atoms with E-state index in [1.165, 1.54) is 11.1 Å². The van der Waals surface area contributed by atoms with Gasteiger partial charge in [0, 0.05) is 5.75 Å². The molecular formula is C23H20N2O2S. The molecule has 4 rings (SSSR count). The number of H-pyrrole nitrogens is 1. The summed E-state index contributed by atoms with van der Waals surface area (Å²) in [6.45, 7) is 1.82. The van der Waals surface area contributed by atoms with Crippen LogP contribution in [-0.2, 0) is 5.75 Å². The molecule has 0 aliphatic rings. The molecule has 2 N–H and O–H groups in total. The number of aromatic amines is 1. The van der Waals surface area contributed by atoms with Gasteiger partial charge in [-0.1, -0.05) is 48.5 Å². The number of rotatable bonds is 5. The van der Waals surface area contributed by atoms with Gasteiger partial charge >= 0.3 is 5.97 Å². The summed E-state index contributed by atoms with van der Waals surface area (Å²) in [7, 11) is 0. The van der Waals surface area contributed by atoms with Crippen LogP contribution in [0.15, 0.2) is 60.7 Å². The number of imidazole rings is 1. The van der Waals surface area contributed by atoms with E-state index in [4.69, 9.17) is 0 Å². The Morgan fingerprint density at radius 1 is 0.964 bits per heavy atom. The molecule has 0 saturated heterocycles. The number of nitrogens with zero attached hydrogens (tertiary/aromatic N) is 1. The van der Waals surface area contributed by atoms with Crippen molar-refractivity contribution in [2.24, 2.45) is 0 Å². The lowest BCUT2D eigenvalue weighted by Gasteiger charge is -2.07. The summed E-state index contributed by atoms with van der Waals surface area (Å²) in [6, 6.07) is 20.4. The molecule has 1 aromatic heterocycles. The van der Waals surface area contributed by atoms with Crippen molar-refractivity contribution in [3.63, 3.8) is 0 Å². The molecule has 5 heteroatoms. The fraction of sp³-hybridized carbons (Fsp3) is 0.130. The van der Waals surface area contributed by atoms with Crippen molar-refractivity contribution in [2.45, 2.75) is 12.7 Å². The predicted octanol–water partition coefficient (Wildman–Crippen LogP) is 5.77. The number of carboxylic acid groups (broad SMARTS) is 1. The molecule has 28 heavy (non-hydrogen) atoms. The Balaban J connectivity index is 1.69. The molecule has 0 radical (unpaired) electrons. The van der Waals surface area contributed by atoms with Crippen LogP contribution in [0.1, 0.15) is 21.7 Å². The first kappa shape index (κ1) is 18.3. The fourth-order valence-electron chi connectivity index (χ4n) is 3.39. The first-order chi connectivity index (χ1) is 13.5. The molecule has 0 bridgehead atoms. The van der Waals surface area contributed by atoms with Crippen molar-refractivity contribution in [3.8, 4) is 22.3 Å². The van der Waals surface area contributed by atoms with E-state index >= 15 is 0 Å². The normalized spacial score (nSPS) is 11.1. The Kier molecular flexibility index (Phi) is 4.92. The molecule has 0 amide bonds. The quantitative estimate of drug-likeness (QED) is 0.456. The molecule has 0 unspecified atom stereocenters. The van der Waals surface area contributed by atoms with Gasteiger partial charge in [-0.05, 0) is 53.1 Å². The number of carboxylic acids is 1. The monoisotopic (exact) mass is 388 g/mol. The number of thioether (sulfide) groups is 1. The first-order valence-corrected chi connectivity index (χ1v) is 10.4. The molecule has 140 valence electrons. The number of aromatic nitrogens is 2. The third kappa shape index (κ3) is 3.53. The van der Waals surface area contributed by atoms with Gasteiger partial charge in [0.1, 0.15) is 11.3 Å². The van der Waals surface area contributed by atoms with E-state index in [0.717, 1.165) is 28.0 Å². The highest BCUT2D eigenvalue weighted by molar-refractivity contribution is 7.97. The van der Waals surface area contributed by atoms with Gasteiger partial charge in [-0.3, -0.25) is 0 Å². The first-order valence-electron chi connectivity index (χ1n) is 8.97. The van der Waals surface area contributed by atoms with E-state index in [1.54, 1.807) is 6.07 Å². The van der Waals surface area contributed by atoms with Crippen molar-refractivity contribution in [1.82, 2.24) is 9.97 Å². The third-order valence-corrected chi connectivity index (χ3v) is 5.37. The molecule has 3 aromatic carbocycles. The topological polar surface area (TPSA) is 66.0 Å². The van der Waals surface area contributed by atoms with E-state index in [2.05, 4.69) is 52.6 Å². The molecule has 4 nitrogen and oxygen atoms in total. The summed E-state index contributed by atoms with van der Waals surface area (Å²) in [5.74, 6) is 0.746. The SMILES string of the molecule is CSCc1ccc(-c2ccc(-c3cc(C(=O)O)c4nc(C)[nH]c4c3)cc2)cc1. The van der Waals surface area contributed by atoms with E-state index in [0.29, 0.717) is 11.3 Å². The summed E-state index contributed by atoms with van der Waals surface area (Å²) in [5.41, 5.74) is 6.90. The molecule has 0 aliphatic heterocycles. The van der Waals surface area contributed by atoms with Crippen LogP contribution < -0.4 is 0 Å². The molecule has 0 saturated carbocycles. The summed E-state index contributed by atoms with van der Waals surface area (Å²) < 4.78 is 0. The van der Waals surface area contributed by atoms with Crippen LogP contribution in [0.4, 0.5) is 0 Å². The molecule has 1 heterocycles. The van der Waals surface area contributed by atoms with Crippen molar-refractivity contribution >= 4 is 28.8 Å². The van der Waals surface area contributed by atoms with Crippen LogP contribution in [0.2, 0.25) is 0 Å². The van der Waals surface area contributed by atoms with Gasteiger partial charge in [0.05, 0.1) is 11.1 Å². The standard InChI is InChI=1S/C23H20N2O2S/c1-14-24-21-12-19(11-20(23(26)27)22(21)25-14)18-9-7-17(8-10-18)16-5-3-15(4-6-16)13-28-2/h3-12H,13H2,1-2H3,(H,24,25)(H,26,27). The minimum Gasteiger partial charge on any atom is -0.478 e. The maximum absolute atomic E-state index is 11.7. The lowest BCUT2D eigenvalue weighted by Crippen LogP contribution is -1.98. The molecule has 0 atom stereocenters. The predicted molar refractivity (Wildman–Crippen MR) is 116 cm³/mol. The van der Waals surface area contributed by atoms with Gasteiger partial charge in [0.25, 0.3) is 0 Å². The average Bonchev–Trinajstić information content (AvgIpc) is 3.08. The number of nitrogens with one attached hydrogen (secondary N) is 1. The van der Waals surface area contributed by atoms with Gasteiger partial charge in [0.2, 0.25) is 0 Å². The number of hydrogen-bond donors (Lipinski definition) is 2. The Labute approximate surface area is 167 Å². The zero-order chi connectivity index (χ0) is 19.7. The highest BCUT2D eigenvalue weighted by Crippen LogP contribution is 2.29. The second-order valence-corrected chi connectivity index (χ2v) is 7.62. The summed E-state index contributed by atoms with van der Waals surface area (Å²) in [4.78, 5) is 19.1. The maximum atomic E-state index is 11.7. The minimum atomic E-state index is -0.972. The molecule has 0 spiro atoms. The second kappa shape index (κ2) is 7.52. The number of aryl methyl sites for hydroxylation is 1. The van der Waals surface area contributed by atoms with Crippen molar-refractivity contribution in [1.29, 1.82) is 0 Å². The van der Waals surface area contributed by atoms with Gasteiger partial charge < -0.3 is 10.1 Å². The van der Waals surface area contributed by atoms with Gasteiger partial charge in [-0.25, -0.2) is 9.78 Å². The number of hydrogen-bond acceptors (Lipinski definition) is 3. The lowest BCUT2D eigenvalue weighted by atomic mass is 9.98.